The van der Waals surface area contributed by atoms with Crippen LogP contribution >= 0.6 is 11.3 Å². The molecular weight excluding hydrogens is 326 g/mol. The van der Waals surface area contributed by atoms with Crippen LogP contribution in [0.3, 0.4) is 0 Å². The molecular formula is C18H21NO4S. The zero-order valence-electron chi connectivity index (χ0n) is 14.0. The summed E-state index contributed by atoms with van der Waals surface area (Å²) >= 11 is 1.68. The van der Waals surface area contributed by atoms with Gasteiger partial charge in [0.15, 0.2) is 11.5 Å². The minimum atomic E-state index is -0.362. The Morgan fingerprint density at radius 2 is 2.21 bits per heavy atom. The average molecular weight is 347 g/mol. The highest BCUT2D eigenvalue weighted by Crippen LogP contribution is 2.39. The Morgan fingerprint density at radius 3 is 2.88 bits per heavy atom. The van der Waals surface area contributed by atoms with E-state index in [4.69, 9.17) is 9.47 Å². The number of nitrogens with zero attached hydrogens (tertiary/aromatic N) is 1. The summed E-state index contributed by atoms with van der Waals surface area (Å²) in [4.78, 5) is 16.2. The second-order valence-corrected chi connectivity index (χ2v) is 7.20. The molecule has 24 heavy (non-hydrogen) atoms. The number of phenolic OH excluding ortho intramolecular Hbond substituents is 1. The number of hydrogen-bond donors (Lipinski definition) is 1. The maximum absolute atomic E-state index is 11.8. The molecule has 2 heterocycles. The maximum Gasteiger partial charge on any atom is 0.322 e. The predicted octanol–water partition coefficient (Wildman–Crippen LogP) is 3.19. The number of methoxy groups -OCH3 is 1. The Hall–Kier alpha value is -2.05. The van der Waals surface area contributed by atoms with E-state index in [1.807, 2.05) is 24.0 Å². The van der Waals surface area contributed by atoms with Crippen molar-refractivity contribution in [2.45, 2.75) is 26.4 Å². The van der Waals surface area contributed by atoms with Gasteiger partial charge < -0.3 is 14.6 Å². The molecule has 0 saturated carbocycles. The SMILES string of the molecule is COC(=O)C(C)N1CCOc2c(O)cc(-c3ccc(C)s3)cc2C1. The van der Waals surface area contributed by atoms with E-state index < -0.39 is 0 Å². The number of thiophene rings is 1. The topological polar surface area (TPSA) is 59.0 Å². The Labute approximate surface area is 145 Å². The summed E-state index contributed by atoms with van der Waals surface area (Å²) in [7, 11) is 1.39. The molecule has 1 unspecified atom stereocenters. The van der Waals surface area contributed by atoms with Gasteiger partial charge in [0.1, 0.15) is 12.6 Å². The molecule has 1 aromatic heterocycles. The van der Waals surface area contributed by atoms with Gasteiger partial charge in [-0.1, -0.05) is 0 Å². The van der Waals surface area contributed by atoms with E-state index in [0.29, 0.717) is 25.4 Å². The largest absolute Gasteiger partial charge is 0.504 e. The van der Waals surface area contributed by atoms with Gasteiger partial charge in [0.05, 0.1) is 7.11 Å². The standard InChI is InChI=1S/C18H21NO4S/c1-11-4-5-16(24-11)13-8-14-10-19(12(2)18(21)22-3)6-7-23-17(14)15(20)9-13/h4-5,8-9,12,20H,6-7,10H2,1-3H3. The number of aryl methyl sites for hydroxylation is 1. The number of rotatable bonds is 3. The number of carbonyl (C=O) groups excluding carboxylic acids is 1. The highest BCUT2D eigenvalue weighted by molar-refractivity contribution is 7.15. The Morgan fingerprint density at radius 1 is 1.42 bits per heavy atom. The fraction of sp³-hybridized carbons (Fsp3) is 0.389. The molecule has 1 aromatic carbocycles. The summed E-state index contributed by atoms with van der Waals surface area (Å²) in [5.74, 6) is 0.375. The van der Waals surface area contributed by atoms with E-state index in [2.05, 4.69) is 13.0 Å². The van der Waals surface area contributed by atoms with E-state index in [1.165, 1.54) is 12.0 Å². The first-order valence-electron chi connectivity index (χ1n) is 7.87. The second-order valence-electron chi connectivity index (χ2n) is 5.91. The summed E-state index contributed by atoms with van der Waals surface area (Å²) in [6.07, 6.45) is 0. The summed E-state index contributed by atoms with van der Waals surface area (Å²) in [6.45, 7) is 5.41. The van der Waals surface area contributed by atoms with E-state index in [9.17, 15) is 9.90 Å². The molecule has 0 radical (unpaired) electrons. The third-order valence-electron chi connectivity index (χ3n) is 4.26. The molecule has 2 aromatic rings. The van der Waals surface area contributed by atoms with Crippen molar-refractivity contribution in [2.24, 2.45) is 0 Å². The Bertz CT molecular complexity index is 755. The first-order valence-corrected chi connectivity index (χ1v) is 8.68. The van der Waals surface area contributed by atoms with Crippen LogP contribution in [0.2, 0.25) is 0 Å². The lowest BCUT2D eigenvalue weighted by molar-refractivity contribution is -0.146. The quantitative estimate of drug-likeness (QED) is 0.864. The third kappa shape index (κ3) is 3.25. The number of phenols is 1. The molecule has 5 nitrogen and oxygen atoms in total. The van der Waals surface area contributed by atoms with Crippen LogP contribution in [0.5, 0.6) is 11.5 Å². The predicted molar refractivity (Wildman–Crippen MR) is 93.5 cm³/mol. The van der Waals surface area contributed by atoms with Gasteiger partial charge in [-0.2, -0.15) is 0 Å². The lowest BCUT2D eigenvalue weighted by Gasteiger charge is -2.24. The number of hydrogen-bond acceptors (Lipinski definition) is 6. The van der Waals surface area contributed by atoms with Crippen LogP contribution in [0.4, 0.5) is 0 Å². The van der Waals surface area contributed by atoms with Crippen molar-refractivity contribution in [3.63, 3.8) is 0 Å². The minimum absolute atomic E-state index is 0.140. The molecule has 1 N–H and O–H groups in total. The van der Waals surface area contributed by atoms with Crippen molar-refractivity contribution < 1.29 is 19.4 Å². The van der Waals surface area contributed by atoms with E-state index in [1.54, 1.807) is 17.4 Å². The van der Waals surface area contributed by atoms with Crippen LogP contribution in [-0.4, -0.2) is 42.3 Å². The van der Waals surface area contributed by atoms with Crippen LogP contribution in [0.15, 0.2) is 24.3 Å². The molecule has 0 spiro atoms. The fourth-order valence-corrected chi connectivity index (χ4v) is 3.76. The number of carbonyl (C=O) groups is 1. The van der Waals surface area contributed by atoms with Crippen molar-refractivity contribution in [1.29, 1.82) is 0 Å². The van der Waals surface area contributed by atoms with Crippen LogP contribution < -0.4 is 4.74 Å². The molecule has 0 fully saturated rings. The summed E-state index contributed by atoms with van der Waals surface area (Å²) in [5, 5.41) is 10.4. The molecule has 0 saturated heterocycles. The Kier molecular flexibility index (Phi) is 4.78. The van der Waals surface area contributed by atoms with Gasteiger partial charge in [0, 0.05) is 28.4 Å². The zero-order chi connectivity index (χ0) is 17.3. The lowest BCUT2D eigenvalue weighted by Crippen LogP contribution is -2.40. The van der Waals surface area contributed by atoms with Crippen molar-refractivity contribution in [1.82, 2.24) is 4.90 Å². The first kappa shape index (κ1) is 16.8. The molecule has 128 valence electrons. The van der Waals surface area contributed by atoms with Crippen molar-refractivity contribution >= 4 is 17.3 Å². The normalized spacial score (nSPS) is 16.0. The van der Waals surface area contributed by atoms with Crippen LogP contribution in [-0.2, 0) is 16.1 Å². The van der Waals surface area contributed by atoms with Gasteiger partial charge in [0.2, 0.25) is 0 Å². The smallest absolute Gasteiger partial charge is 0.322 e. The molecule has 3 rings (SSSR count). The third-order valence-corrected chi connectivity index (χ3v) is 5.31. The molecule has 0 aliphatic carbocycles. The Balaban J connectivity index is 1.95. The maximum atomic E-state index is 11.8. The van der Waals surface area contributed by atoms with Gasteiger partial charge in [0.25, 0.3) is 0 Å². The minimum Gasteiger partial charge on any atom is -0.504 e. The van der Waals surface area contributed by atoms with Crippen molar-refractivity contribution in [3.05, 3.63) is 34.7 Å². The summed E-state index contributed by atoms with van der Waals surface area (Å²) in [6, 6.07) is 7.52. The highest BCUT2D eigenvalue weighted by Gasteiger charge is 2.27. The van der Waals surface area contributed by atoms with Gasteiger partial charge in [-0.3, -0.25) is 9.69 Å². The zero-order valence-corrected chi connectivity index (χ0v) is 14.9. The van der Waals surface area contributed by atoms with E-state index in [0.717, 1.165) is 16.0 Å². The number of fused-ring (bicyclic) bond motifs is 1. The van der Waals surface area contributed by atoms with Gasteiger partial charge >= 0.3 is 5.97 Å². The van der Waals surface area contributed by atoms with Crippen LogP contribution in [0.25, 0.3) is 10.4 Å². The van der Waals surface area contributed by atoms with Crippen LogP contribution in [0, 0.1) is 6.92 Å². The summed E-state index contributed by atoms with van der Waals surface area (Å²) in [5.41, 5.74) is 1.84. The molecule has 1 aliphatic heterocycles. The van der Waals surface area contributed by atoms with Gasteiger partial charge in [-0.05, 0) is 43.7 Å². The van der Waals surface area contributed by atoms with E-state index in [-0.39, 0.29) is 17.8 Å². The highest BCUT2D eigenvalue weighted by atomic mass is 32.1. The fourth-order valence-electron chi connectivity index (χ4n) is 2.90. The van der Waals surface area contributed by atoms with Gasteiger partial charge in [-0.15, -0.1) is 11.3 Å². The number of aromatic hydroxyl groups is 1. The molecule has 6 heteroatoms. The van der Waals surface area contributed by atoms with Crippen molar-refractivity contribution in [2.75, 3.05) is 20.3 Å². The second kappa shape index (κ2) is 6.83. The van der Waals surface area contributed by atoms with Crippen LogP contribution in [0.1, 0.15) is 17.4 Å². The van der Waals surface area contributed by atoms with Crippen molar-refractivity contribution in [3.8, 4) is 21.9 Å². The average Bonchev–Trinajstić information content (AvgIpc) is 2.88. The van der Waals surface area contributed by atoms with E-state index >= 15 is 0 Å². The number of ether oxygens (including phenoxy) is 2. The molecule has 0 amide bonds. The lowest BCUT2D eigenvalue weighted by atomic mass is 10.1. The molecule has 1 aliphatic rings. The molecule has 0 bridgehead atoms. The summed E-state index contributed by atoms with van der Waals surface area (Å²) < 4.78 is 10.6. The monoisotopic (exact) mass is 347 g/mol. The van der Waals surface area contributed by atoms with Gasteiger partial charge in [-0.25, -0.2) is 0 Å². The number of benzene rings is 1. The molecule has 1 atom stereocenters. The first-order chi connectivity index (χ1) is 11.5. The number of esters is 1.